The number of aromatic amines is 1. The van der Waals surface area contributed by atoms with Crippen LogP contribution in [0.3, 0.4) is 0 Å². The van der Waals surface area contributed by atoms with Crippen LogP contribution >= 0.6 is 0 Å². The largest absolute Gasteiger partial charge is 0.360 e. The smallest absolute Gasteiger partial charge is 0.251 e. The predicted octanol–water partition coefficient (Wildman–Crippen LogP) is -0.617. The van der Waals surface area contributed by atoms with Crippen LogP contribution in [-0.4, -0.2) is 106 Å². The number of amides is 4. The maximum Gasteiger partial charge on any atom is 0.251 e. The topological polar surface area (TPSA) is 175 Å². The van der Waals surface area contributed by atoms with Gasteiger partial charge in [-0.2, -0.15) is 0 Å². The normalized spacial score (nSPS) is 24.6. The summed E-state index contributed by atoms with van der Waals surface area (Å²) in [6.07, 6.45) is 1.53. The van der Waals surface area contributed by atoms with E-state index < -0.39 is 42.0 Å². The molecule has 2 saturated heterocycles. The second-order valence-corrected chi connectivity index (χ2v) is 10.9. The van der Waals surface area contributed by atoms with Crippen LogP contribution < -0.4 is 20.9 Å². The minimum absolute atomic E-state index is 0.0850. The zero-order valence-electron chi connectivity index (χ0n) is 23.7. The fraction of sp³-hybridized carbons (Fsp3) is 0.464. The number of morpholine rings is 1. The monoisotopic (exact) mass is 577 g/mol. The van der Waals surface area contributed by atoms with Crippen LogP contribution in [0.1, 0.15) is 19.4 Å². The molecule has 0 unspecified atom stereocenters. The van der Waals surface area contributed by atoms with E-state index in [0.29, 0.717) is 23.5 Å². The van der Waals surface area contributed by atoms with E-state index in [-0.39, 0.29) is 37.9 Å². The van der Waals surface area contributed by atoms with Crippen LogP contribution in [0.2, 0.25) is 0 Å². The second kappa shape index (κ2) is 12.5. The van der Waals surface area contributed by atoms with E-state index in [1.54, 1.807) is 0 Å². The van der Waals surface area contributed by atoms with Gasteiger partial charge in [0.1, 0.15) is 23.9 Å². The number of rotatable bonds is 4. The van der Waals surface area contributed by atoms with Crippen molar-refractivity contribution >= 4 is 40.6 Å². The maximum atomic E-state index is 13.7. The van der Waals surface area contributed by atoms with Gasteiger partial charge < -0.3 is 35.5 Å². The zero-order chi connectivity index (χ0) is 29.8. The van der Waals surface area contributed by atoms with Gasteiger partial charge in [0.05, 0.1) is 25.5 Å². The Hall–Kier alpha value is -4.59. The van der Waals surface area contributed by atoms with E-state index in [9.17, 15) is 19.2 Å². The van der Waals surface area contributed by atoms with Gasteiger partial charge in [0.2, 0.25) is 17.7 Å². The van der Waals surface area contributed by atoms with Crippen LogP contribution in [0.25, 0.3) is 11.2 Å². The summed E-state index contributed by atoms with van der Waals surface area (Å²) in [6, 6.07) is 7.52. The van der Waals surface area contributed by atoms with Gasteiger partial charge in [0.15, 0.2) is 17.6 Å². The van der Waals surface area contributed by atoms with Crippen LogP contribution in [0.5, 0.6) is 0 Å². The molecule has 14 heteroatoms. The van der Waals surface area contributed by atoms with Gasteiger partial charge in [-0.25, -0.2) is 15.0 Å². The molecule has 1 aromatic carbocycles. The summed E-state index contributed by atoms with van der Waals surface area (Å²) >= 11 is 0. The van der Waals surface area contributed by atoms with Crippen molar-refractivity contribution in [3.63, 3.8) is 0 Å². The lowest BCUT2D eigenvalue weighted by molar-refractivity contribution is -0.143. The number of nitrogens with one attached hydrogen (secondary N) is 4. The third-order valence-corrected chi connectivity index (χ3v) is 7.39. The lowest BCUT2D eigenvalue weighted by Gasteiger charge is -2.38. The van der Waals surface area contributed by atoms with E-state index >= 15 is 0 Å². The van der Waals surface area contributed by atoms with Crippen molar-refractivity contribution in [3.05, 3.63) is 48.5 Å². The number of H-pyrrole nitrogens is 1. The molecular weight excluding hydrogens is 542 g/mol. The van der Waals surface area contributed by atoms with E-state index in [0.717, 1.165) is 5.56 Å². The number of benzene rings is 1. The van der Waals surface area contributed by atoms with Gasteiger partial charge in [-0.3, -0.25) is 19.2 Å². The molecule has 0 radical (unpaired) electrons. The highest BCUT2D eigenvalue weighted by molar-refractivity contribution is 5.94. The predicted molar refractivity (Wildman–Crippen MR) is 152 cm³/mol. The van der Waals surface area contributed by atoms with Gasteiger partial charge in [-0.1, -0.05) is 44.2 Å². The average Bonchev–Trinajstić information content (AvgIpc) is 3.47. The summed E-state index contributed by atoms with van der Waals surface area (Å²) in [5.74, 6) is -1.48. The maximum absolute atomic E-state index is 13.7. The molecule has 2 aromatic heterocycles. The first kappa shape index (κ1) is 28.9. The molecule has 42 heavy (non-hydrogen) atoms. The highest BCUT2D eigenvalue weighted by Gasteiger charge is 2.37. The molecule has 4 atom stereocenters. The van der Waals surface area contributed by atoms with Crippen molar-refractivity contribution in [2.75, 3.05) is 38.1 Å². The Morgan fingerprint density at radius 1 is 1.00 bits per heavy atom. The van der Waals surface area contributed by atoms with Crippen LogP contribution in [0.4, 0.5) is 5.82 Å². The molecule has 0 saturated carbocycles. The highest BCUT2D eigenvalue weighted by Crippen LogP contribution is 2.24. The Balaban J connectivity index is 1.48. The molecule has 5 rings (SSSR count). The van der Waals surface area contributed by atoms with E-state index in [1.165, 1.54) is 24.6 Å². The fourth-order valence-electron chi connectivity index (χ4n) is 5.21. The van der Waals surface area contributed by atoms with E-state index in [4.69, 9.17) is 4.74 Å². The Bertz CT molecular complexity index is 1450. The number of aromatic nitrogens is 4. The van der Waals surface area contributed by atoms with Gasteiger partial charge >= 0.3 is 0 Å². The summed E-state index contributed by atoms with van der Waals surface area (Å²) < 4.78 is 6.20. The minimum Gasteiger partial charge on any atom is -0.360 e. The highest BCUT2D eigenvalue weighted by atomic mass is 16.5. The first-order valence-corrected chi connectivity index (χ1v) is 13.9. The molecule has 2 aliphatic rings. The number of hydrogen-bond acceptors (Lipinski definition) is 9. The summed E-state index contributed by atoms with van der Waals surface area (Å²) in [5, 5.41) is 8.50. The summed E-state index contributed by atoms with van der Waals surface area (Å²) in [5.41, 5.74) is 1.92. The molecule has 2 fully saturated rings. The molecule has 4 amide bonds. The van der Waals surface area contributed by atoms with Gasteiger partial charge in [0.25, 0.3) is 5.91 Å². The second-order valence-electron chi connectivity index (χ2n) is 10.9. The number of carbonyl (C=O) groups excluding carboxylic acids is 4. The number of ether oxygens (including phenoxy) is 1. The Morgan fingerprint density at radius 2 is 1.79 bits per heavy atom. The van der Waals surface area contributed by atoms with Crippen molar-refractivity contribution in [3.8, 4) is 0 Å². The molecule has 4 heterocycles. The summed E-state index contributed by atoms with van der Waals surface area (Å²) in [7, 11) is 1.49. The number of likely N-dealkylation sites (N-methyl/N-ethyl adjacent to an activating group) is 1. The van der Waals surface area contributed by atoms with Gasteiger partial charge in [0, 0.05) is 26.6 Å². The first-order valence-electron chi connectivity index (χ1n) is 13.9. The Labute approximate surface area is 242 Å². The number of imidazole rings is 1. The van der Waals surface area contributed by atoms with Crippen molar-refractivity contribution < 1.29 is 23.9 Å². The van der Waals surface area contributed by atoms with Crippen LogP contribution in [0.15, 0.2) is 43.0 Å². The van der Waals surface area contributed by atoms with E-state index in [2.05, 4.69) is 35.9 Å². The SMILES string of the molecule is CC(C)[C@@H]1NC(=O)CN(C)C(=O)[C@@H](Cc2ccccc2)NC(=O)[C@H]2CN(c3ncnc4nc[nH]c34)C[C@H](CNC1=O)O2. The molecule has 0 aliphatic carbocycles. The molecule has 3 aromatic rings. The number of nitrogens with zero attached hydrogens (tertiary/aromatic N) is 5. The Kier molecular flexibility index (Phi) is 8.61. The zero-order valence-corrected chi connectivity index (χ0v) is 23.7. The fourth-order valence-corrected chi connectivity index (χ4v) is 5.21. The molecule has 0 spiro atoms. The van der Waals surface area contributed by atoms with Crippen molar-refractivity contribution in [2.45, 2.75) is 44.6 Å². The van der Waals surface area contributed by atoms with Crippen molar-refractivity contribution in [2.24, 2.45) is 5.92 Å². The molecule has 2 bridgehead atoms. The van der Waals surface area contributed by atoms with Gasteiger partial charge in [-0.15, -0.1) is 0 Å². The Morgan fingerprint density at radius 3 is 2.55 bits per heavy atom. The number of fused-ring (bicyclic) bond motifs is 3. The standard InChI is InChI=1S/C28H35N9O5/c1-16(2)22-27(40)29-10-18-11-37(25-23-24(31-14-30-23)32-15-33-25)12-20(42-18)26(39)34-19(9-17-7-5-4-6-8-17)28(41)36(3)13-21(38)35-22/h4-8,14-16,18-20,22H,9-13H2,1-3H3,(H,29,40)(H,34,39)(H,35,38)(H,30,31,32,33)/t18-,19+,20+,22-/m0/s1. The third kappa shape index (κ3) is 6.48. The molecule has 2 aliphatic heterocycles. The number of carbonyl (C=O) groups is 4. The molecular formula is C28H35N9O5. The molecule has 222 valence electrons. The third-order valence-electron chi connectivity index (χ3n) is 7.39. The van der Waals surface area contributed by atoms with Crippen LogP contribution in [-0.2, 0) is 30.3 Å². The van der Waals surface area contributed by atoms with Crippen molar-refractivity contribution in [1.82, 2.24) is 40.8 Å². The lowest BCUT2D eigenvalue weighted by Crippen LogP contribution is -2.59. The quantitative estimate of drug-likeness (QED) is 0.315. The summed E-state index contributed by atoms with van der Waals surface area (Å²) in [6.45, 7) is 3.90. The number of anilines is 1. The van der Waals surface area contributed by atoms with Crippen LogP contribution in [0, 0.1) is 5.92 Å². The van der Waals surface area contributed by atoms with Crippen molar-refractivity contribution in [1.29, 1.82) is 0 Å². The van der Waals surface area contributed by atoms with Gasteiger partial charge in [-0.05, 0) is 11.5 Å². The number of hydrogen-bond donors (Lipinski definition) is 4. The van der Waals surface area contributed by atoms with E-state index in [1.807, 2.05) is 49.1 Å². The lowest BCUT2D eigenvalue weighted by atomic mass is 10.0. The first-order chi connectivity index (χ1) is 20.2. The average molecular weight is 578 g/mol. The molecule has 14 nitrogen and oxygen atoms in total. The molecule has 4 N–H and O–H groups in total. The summed E-state index contributed by atoms with van der Waals surface area (Å²) in [4.78, 5) is 72.4. The minimum atomic E-state index is -0.990.